The standard InChI is InChI=1S/C24H19ClF2N2OS/c25-17-3-10-22(28)21(14-17)16-11-12-29(23(13-16)15-1-4-18(26)5-2-15)24(31)30-20-8-6-19(27)7-9-20/h1-10,13-14,23H,11-12,28H2. The maximum Gasteiger partial charge on any atom is 0.265 e. The molecule has 0 radical (unpaired) electrons. The summed E-state index contributed by atoms with van der Waals surface area (Å²) in [5.41, 5.74) is 9.56. The number of halogens is 3. The molecule has 158 valence electrons. The third-order valence-corrected chi connectivity index (χ3v) is 5.70. The number of hydrogen-bond acceptors (Lipinski definition) is 3. The highest BCUT2D eigenvalue weighted by molar-refractivity contribution is 7.80. The quantitative estimate of drug-likeness (QED) is 0.366. The first-order chi connectivity index (χ1) is 14.9. The molecule has 0 aliphatic carbocycles. The molecule has 1 aliphatic heterocycles. The lowest BCUT2D eigenvalue weighted by molar-refractivity contribution is 0.308. The molecule has 3 aromatic rings. The molecule has 1 heterocycles. The zero-order chi connectivity index (χ0) is 22.0. The lowest BCUT2D eigenvalue weighted by Gasteiger charge is -2.36. The number of nitrogens with two attached hydrogens (primary N) is 1. The summed E-state index contributed by atoms with van der Waals surface area (Å²) in [4.78, 5) is 1.91. The summed E-state index contributed by atoms with van der Waals surface area (Å²) in [6.07, 6.45) is 2.70. The van der Waals surface area contributed by atoms with Crippen molar-refractivity contribution in [2.24, 2.45) is 0 Å². The van der Waals surface area contributed by atoms with Gasteiger partial charge in [-0.3, -0.25) is 0 Å². The summed E-state index contributed by atoms with van der Waals surface area (Å²) in [7, 11) is 0. The van der Waals surface area contributed by atoms with Crippen molar-refractivity contribution in [1.82, 2.24) is 4.90 Å². The number of anilines is 1. The summed E-state index contributed by atoms with van der Waals surface area (Å²) in [6, 6.07) is 17.0. The fourth-order valence-electron chi connectivity index (χ4n) is 3.58. The Bertz CT molecular complexity index is 1130. The van der Waals surface area contributed by atoms with Crippen LogP contribution < -0.4 is 10.5 Å². The van der Waals surface area contributed by atoms with Crippen LogP contribution >= 0.6 is 23.8 Å². The molecule has 1 unspecified atom stereocenters. The lowest BCUT2D eigenvalue weighted by Crippen LogP contribution is -2.39. The zero-order valence-electron chi connectivity index (χ0n) is 16.4. The molecule has 1 aliphatic rings. The molecular weight excluding hydrogens is 438 g/mol. The number of thiocarbonyl (C=S) groups is 1. The lowest BCUT2D eigenvalue weighted by atomic mass is 9.92. The maximum absolute atomic E-state index is 13.5. The highest BCUT2D eigenvalue weighted by Crippen LogP contribution is 2.37. The second-order valence-corrected chi connectivity index (χ2v) is 7.97. The highest BCUT2D eigenvalue weighted by Gasteiger charge is 2.28. The van der Waals surface area contributed by atoms with Crippen molar-refractivity contribution in [2.45, 2.75) is 12.5 Å². The van der Waals surface area contributed by atoms with E-state index < -0.39 is 0 Å². The van der Waals surface area contributed by atoms with Crippen molar-refractivity contribution >= 4 is 40.3 Å². The van der Waals surface area contributed by atoms with E-state index in [4.69, 9.17) is 34.3 Å². The van der Waals surface area contributed by atoms with Gasteiger partial charge in [0.15, 0.2) is 0 Å². The highest BCUT2D eigenvalue weighted by atomic mass is 35.5. The summed E-state index contributed by atoms with van der Waals surface area (Å²) in [6.45, 7) is 0.555. The van der Waals surface area contributed by atoms with E-state index in [1.54, 1.807) is 24.3 Å². The van der Waals surface area contributed by atoms with E-state index >= 15 is 0 Å². The predicted octanol–water partition coefficient (Wildman–Crippen LogP) is 6.39. The van der Waals surface area contributed by atoms with Gasteiger partial charge in [0.05, 0.1) is 6.04 Å². The second kappa shape index (κ2) is 9.04. The molecule has 2 N–H and O–H groups in total. The van der Waals surface area contributed by atoms with Crippen LogP contribution in [0.15, 0.2) is 72.8 Å². The Morgan fingerprint density at radius 2 is 1.65 bits per heavy atom. The minimum Gasteiger partial charge on any atom is -0.432 e. The number of nitrogens with zero attached hydrogens (tertiary/aromatic N) is 1. The number of rotatable bonds is 3. The van der Waals surface area contributed by atoms with Gasteiger partial charge in [-0.1, -0.05) is 29.8 Å². The zero-order valence-corrected chi connectivity index (χ0v) is 18.0. The Balaban J connectivity index is 1.69. The molecule has 1 atom stereocenters. The summed E-state index contributed by atoms with van der Waals surface area (Å²) in [5, 5.41) is 0.844. The first-order valence-corrected chi connectivity index (χ1v) is 10.4. The number of ether oxygens (including phenoxy) is 1. The third-order valence-electron chi connectivity index (χ3n) is 5.14. The van der Waals surface area contributed by atoms with Gasteiger partial charge >= 0.3 is 0 Å². The van der Waals surface area contributed by atoms with E-state index in [1.165, 1.54) is 36.4 Å². The fraction of sp³-hybridized carbons (Fsp3) is 0.125. The average Bonchev–Trinajstić information content (AvgIpc) is 2.77. The number of benzene rings is 3. The smallest absolute Gasteiger partial charge is 0.265 e. The fourth-order valence-corrected chi connectivity index (χ4v) is 4.05. The van der Waals surface area contributed by atoms with E-state index in [2.05, 4.69) is 0 Å². The Kier molecular flexibility index (Phi) is 6.20. The molecule has 0 spiro atoms. The Hall–Kier alpha value is -2.96. The SMILES string of the molecule is Nc1ccc(Cl)cc1C1=CC(c2ccc(F)cc2)N(C(=S)Oc2ccc(F)cc2)CC1. The van der Waals surface area contributed by atoms with Gasteiger partial charge in [-0.2, -0.15) is 0 Å². The molecule has 0 aromatic heterocycles. The third kappa shape index (κ3) is 4.86. The molecule has 3 nitrogen and oxygen atoms in total. The van der Waals surface area contributed by atoms with Crippen molar-refractivity contribution in [1.29, 1.82) is 0 Å². The van der Waals surface area contributed by atoms with Gasteiger partial charge in [0.1, 0.15) is 17.4 Å². The summed E-state index contributed by atoms with van der Waals surface area (Å²) >= 11 is 11.7. The predicted molar refractivity (Wildman–Crippen MR) is 124 cm³/mol. The number of nitrogen functional groups attached to an aromatic ring is 1. The molecular formula is C24H19ClF2N2OS. The van der Waals surface area contributed by atoms with E-state index in [9.17, 15) is 8.78 Å². The molecule has 31 heavy (non-hydrogen) atoms. The minimum atomic E-state index is -0.355. The van der Waals surface area contributed by atoms with Crippen molar-refractivity contribution in [3.63, 3.8) is 0 Å². The van der Waals surface area contributed by atoms with Gasteiger partial charge in [0.25, 0.3) is 5.17 Å². The van der Waals surface area contributed by atoms with Crippen LogP contribution in [0, 0.1) is 11.6 Å². The van der Waals surface area contributed by atoms with Gasteiger partial charge in [0.2, 0.25) is 0 Å². The van der Waals surface area contributed by atoms with Crippen molar-refractivity contribution < 1.29 is 13.5 Å². The largest absolute Gasteiger partial charge is 0.432 e. The molecule has 4 rings (SSSR count). The van der Waals surface area contributed by atoms with Crippen LogP contribution in [-0.4, -0.2) is 16.6 Å². The van der Waals surface area contributed by atoms with Gasteiger partial charge < -0.3 is 15.4 Å². The van der Waals surface area contributed by atoms with E-state index in [0.717, 1.165) is 16.7 Å². The monoisotopic (exact) mass is 456 g/mol. The molecule has 0 saturated carbocycles. The van der Waals surface area contributed by atoms with Crippen LogP contribution in [-0.2, 0) is 0 Å². The molecule has 3 aromatic carbocycles. The maximum atomic E-state index is 13.5. The van der Waals surface area contributed by atoms with Crippen LogP contribution in [0.4, 0.5) is 14.5 Å². The van der Waals surface area contributed by atoms with Crippen molar-refractivity contribution in [2.75, 3.05) is 12.3 Å². The summed E-state index contributed by atoms with van der Waals surface area (Å²) < 4.78 is 32.5. The first-order valence-electron chi connectivity index (χ1n) is 9.66. The molecule has 7 heteroatoms. The molecule has 0 saturated heterocycles. The molecule has 0 fully saturated rings. The minimum absolute atomic E-state index is 0.246. The van der Waals surface area contributed by atoms with E-state index in [0.29, 0.717) is 29.4 Å². The van der Waals surface area contributed by atoms with Crippen LogP contribution in [0.2, 0.25) is 5.02 Å². The van der Waals surface area contributed by atoms with Gasteiger partial charge in [-0.15, -0.1) is 0 Å². The van der Waals surface area contributed by atoms with Crippen LogP contribution in [0.5, 0.6) is 5.75 Å². The Morgan fingerprint density at radius 3 is 2.32 bits per heavy atom. The van der Waals surface area contributed by atoms with Gasteiger partial charge in [-0.25, -0.2) is 8.78 Å². The van der Waals surface area contributed by atoms with Crippen LogP contribution in [0.1, 0.15) is 23.6 Å². The van der Waals surface area contributed by atoms with E-state index in [-0.39, 0.29) is 22.9 Å². The van der Waals surface area contributed by atoms with Crippen molar-refractivity contribution in [3.8, 4) is 5.75 Å². The Morgan fingerprint density at radius 1 is 1.00 bits per heavy atom. The summed E-state index contributed by atoms with van der Waals surface area (Å²) in [5.74, 6) is -0.232. The second-order valence-electron chi connectivity index (χ2n) is 7.19. The average molecular weight is 457 g/mol. The van der Waals surface area contributed by atoms with Crippen molar-refractivity contribution in [3.05, 3.63) is 101 Å². The van der Waals surface area contributed by atoms with E-state index in [1.807, 2.05) is 17.0 Å². The van der Waals surface area contributed by atoms with Gasteiger partial charge in [-0.05, 0) is 84.4 Å². The molecule has 0 bridgehead atoms. The normalized spacial score (nSPS) is 16.0. The Labute approximate surface area is 189 Å². The van der Waals surface area contributed by atoms with Crippen LogP contribution in [0.25, 0.3) is 5.57 Å². The number of hydrogen-bond donors (Lipinski definition) is 1. The topological polar surface area (TPSA) is 38.5 Å². The first kappa shape index (κ1) is 21.3. The molecule has 0 amide bonds. The van der Waals surface area contributed by atoms with Crippen LogP contribution in [0.3, 0.4) is 0 Å². The van der Waals surface area contributed by atoms with Gasteiger partial charge in [0, 0.05) is 22.8 Å².